The Morgan fingerprint density at radius 2 is 1.36 bits per heavy atom. The molecule has 5 nitrogen and oxygen atoms in total. The van der Waals surface area contributed by atoms with E-state index in [1.165, 1.54) is 13.1 Å². The number of hydrogen-bond donors (Lipinski definition) is 1. The van der Waals surface area contributed by atoms with Crippen molar-refractivity contribution in [3.05, 3.63) is 0 Å². The first-order chi connectivity index (χ1) is 3.71. The fraction of sp³-hybridized carbons (Fsp3) is 1.00. The van der Waals surface area contributed by atoms with Crippen LogP contribution in [0.1, 0.15) is 0 Å². The summed E-state index contributed by atoms with van der Waals surface area (Å²) >= 11 is 0. The van der Waals surface area contributed by atoms with E-state index in [1.807, 2.05) is 0 Å². The number of morpholine rings is 1. The van der Waals surface area contributed by atoms with Gasteiger partial charge in [0.2, 0.25) is 0 Å². The fourth-order valence-corrected chi connectivity index (χ4v) is 0.837. The first-order valence-corrected chi connectivity index (χ1v) is 3.10. The minimum Gasteiger partial charge on any atom is -0.870 e. The van der Waals surface area contributed by atoms with Crippen LogP contribution in [0.4, 0.5) is 0 Å². The molecule has 1 aliphatic heterocycles. The van der Waals surface area contributed by atoms with Crippen LogP contribution in [0.3, 0.4) is 0 Å². The Morgan fingerprint density at radius 3 is 1.55 bits per heavy atom. The highest BCUT2D eigenvalue weighted by atomic mass is 16.5. The monoisotopic (exact) mass is 168 g/mol. The molecule has 0 aromatic carbocycles. The molecule has 1 rings (SSSR count). The standard InChI is InChI=1S/C6H14NO.H3N.2H2O/c1-7(2)3-5-8-6-4-7;;;/h3-6H2,1-2H3;1H3;2*1H2/q+1;;;/p-1. The van der Waals surface area contributed by atoms with E-state index in [2.05, 4.69) is 14.1 Å². The van der Waals surface area contributed by atoms with Gasteiger partial charge >= 0.3 is 0 Å². The minimum atomic E-state index is 0. The van der Waals surface area contributed by atoms with Crippen molar-refractivity contribution < 1.29 is 20.2 Å². The zero-order valence-corrected chi connectivity index (χ0v) is 7.58. The van der Waals surface area contributed by atoms with Gasteiger partial charge in [0, 0.05) is 0 Å². The lowest BCUT2D eigenvalue weighted by atomic mass is 10.4. The van der Waals surface area contributed by atoms with Gasteiger partial charge in [-0.3, -0.25) is 0 Å². The number of rotatable bonds is 0. The van der Waals surface area contributed by atoms with E-state index in [-0.39, 0.29) is 17.1 Å². The second-order valence-electron chi connectivity index (χ2n) is 3.00. The number of nitrogens with zero attached hydrogens (tertiary/aromatic N) is 1. The topological polar surface area (TPSA) is 106 Å². The first-order valence-electron chi connectivity index (χ1n) is 3.10. The lowest BCUT2D eigenvalue weighted by molar-refractivity contribution is -0.898. The maximum absolute atomic E-state index is 5.19. The molecule has 0 unspecified atom stereocenters. The van der Waals surface area contributed by atoms with Crippen molar-refractivity contribution >= 4 is 0 Å². The number of hydrogen-bond acceptors (Lipinski definition) is 3. The summed E-state index contributed by atoms with van der Waals surface area (Å²) in [5.74, 6) is 0. The van der Waals surface area contributed by atoms with Gasteiger partial charge in [-0.25, -0.2) is 0 Å². The quantitative estimate of drug-likeness (QED) is 0.519. The molecule has 72 valence electrons. The van der Waals surface area contributed by atoms with Crippen molar-refractivity contribution in [2.24, 2.45) is 0 Å². The minimum absolute atomic E-state index is 0. The van der Waals surface area contributed by atoms with Gasteiger partial charge in [0.05, 0.1) is 27.3 Å². The van der Waals surface area contributed by atoms with Gasteiger partial charge < -0.3 is 26.3 Å². The second-order valence-corrected chi connectivity index (χ2v) is 3.00. The SMILES string of the molecule is C[N+]1(C)CCOCC1.[NH4+].[OH-].[OH-]. The molecular weight excluding hydrogens is 148 g/mol. The van der Waals surface area contributed by atoms with E-state index in [1.54, 1.807) is 0 Å². The lowest BCUT2D eigenvalue weighted by Crippen LogP contribution is -2.48. The summed E-state index contributed by atoms with van der Waals surface area (Å²) < 4.78 is 6.31. The third-order valence-corrected chi connectivity index (χ3v) is 1.68. The first kappa shape index (κ1) is 17.0. The van der Waals surface area contributed by atoms with Crippen LogP contribution >= 0.6 is 0 Å². The Morgan fingerprint density at radius 1 is 1.00 bits per heavy atom. The van der Waals surface area contributed by atoms with Crippen molar-refractivity contribution in [2.45, 2.75) is 0 Å². The van der Waals surface area contributed by atoms with Crippen LogP contribution in [0.15, 0.2) is 0 Å². The molecule has 0 amide bonds. The molecule has 0 atom stereocenters. The van der Waals surface area contributed by atoms with Crippen molar-refractivity contribution in [3.8, 4) is 0 Å². The van der Waals surface area contributed by atoms with E-state index in [4.69, 9.17) is 4.74 Å². The van der Waals surface area contributed by atoms with Crippen LogP contribution in [0.2, 0.25) is 0 Å². The predicted octanol–water partition coefficient (Wildman–Crippen LogP) is 0.116. The highest BCUT2D eigenvalue weighted by Gasteiger charge is 2.18. The van der Waals surface area contributed by atoms with Crippen molar-refractivity contribution in [1.29, 1.82) is 0 Å². The Labute approximate surface area is 67.7 Å². The van der Waals surface area contributed by atoms with Crippen LogP contribution in [0.25, 0.3) is 0 Å². The lowest BCUT2D eigenvalue weighted by Gasteiger charge is -2.33. The van der Waals surface area contributed by atoms with Crippen LogP contribution in [-0.2, 0) is 4.74 Å². The molecule has 6 N–H and O–H groups in total. The summed E-state index contributed by atoms with van der Waals surface area (Å²) in [4.78, 5) is 0. The predicted molar refractivity (Wildman–Crippen MR) is 42.5 cm³/mol. The summed E-state index contributed by atoms with van der Waals surface area (Å²) in [6.07, 6.45) is 0. The third kappa shape index (κ3) is 6.21. The van der Waals surface area contributed by atoms with Crippen LogP contribution in [-0.4, -0.2) is 55.8 Å². The van der Waals surface area contributed by atoms with E-state index in [0.29, 0.717) is 0 Å². The molecule has 0 spiro atoms. The maximum atomic E-state index is 5.19. The van der Waals surface area contributed by atoms with Gasteiger partial charge in [-0.05, 0) is 0 Å². The van der Waals surface area contributed by atoms with Crippen LogP contribution in [0, 0.1) is 0 Å². The highest BCUT2D eigenvalue weighted by Crippen LogP contribution is 2.00. The number of likely N-dealkylation sites (N-methyl/N-ethyl adjacent to an activating group) is 1. The Balaban J connectivity index is -0.000000213. The average molecular weight is 168 g/mol. The van der Waals surface area contributed by atoms with Crippen molar-refractivity contribution in [2.75, 3.05) is 40.4 Å². The molecular formula is C6H20N2O3. The van der Waals surface area contributed by atoms with E-state index >= 15 is 0 Å². The molecule has 1 saturated heterocycles. The van der Waals surface area contributed by atoms with Crippen molar-refractivity contribution in [1.82, 2.24) is 6.15 Å². The molecule has 0 saturated carbocycles. The summed E-state index contributed by atoms with van der Waals surface area (Å²) in [5, 5.41) is 0. The normalized spacial score (nSPS) is 20.2. The highest BCUT2D eigenvalue weighted by molar-refractivity contribution is 4.40. The summed E-state index contributed by atoms with van der Waals surface area (Å²) in [6.45, 7) is 4.21. The number of ether oxygens (including phenoxy) is 1. The van der Waals surface area contributed by atoms with Gasteiger partial charge in [-0.2, -0.15) is 0 Å². The van der Waals surface area contributed by atoms with Gasteiger partial charge in [0.25, 0.3) is 0 Å². The second kappa shape index (κ2) is 6.51. The smallest absolute Gasteiger partial charge is 0.102 e. The molecule has 1 aliphatic rings. The number of quaternary nitrogens is 2. The van der Waals surface area contributed by atoms with Gasteiger partial charge in [0.1, 0.15) is 13.1 Å². The van der Waals surface area contributed by atoms with E-state index in [9.17, 15) is 0 Å². The molecule has 0 aromatic rings. The zero-order chi connectivity index (χ0) is 6.04. The Bertz CT molecular complexity index is 79.9. The molecule has 0 bridgehead atoms. The van der Waals surface area contributed by atoms with Gasteiger partial charge in [-0.1, -0.05) is 0 Å². The fourth-order valence-electron chi connectivity index (χ4n) is 0.837. The van der Waals surface area contributed by atoms with Crippen LogP contribution < -0.4 is 6.15 Å². The summed E-state index contributed by atoms with van der Waals surface area (Å²) in [6, 6.07) is 0. The maximum Gasteiger partial charge on any atom is 0.102 e. The molecule has 0 aromatic heterocycles. The average Bonchev–Trinajstić information content (AvgIpc) is 1.65. The largest absolute Gasteiger partial charge is 0.870 e. The Kier molecular flexibility index (Phi) is 10.1. The van der Waals surface area contributed by atoms with Gasteiger partial charge in [0.15, 0.2) is 0 Å². The van der Waals surface area contributed by atoms with Crippen molar-refractivity contribution in [3.63, 3.8) is 0 Å². The zero-order valence-electron chi connectivity index (χ0n) is 7.58. The molecule has 0 radical (unpaired) electrons. The Hall–Kier alpha value is -0.200. The molecule has 5 heteroatoms. The molecule has 1 fully saturated rings. The molecule has 0 aliphatic carbocycles. The van der Waals surface area contributed by atoms with Crippen LogP contribution in [0.5, 0.6) is 0 Å². The summed E-state index contributed by atoms with van der Waals surface area (Å²) in [5.41, 5.74) is 0. The van der Waals surface area contributed by atoms with E-state index in [0.717, 1.165) is 17.7 Å². The summed E-state index contributed by atoms with van der Waals surface area (Å²) in [7, 11) is 4.48. The van der Waals surface area contributed by atoms with Gasteiger partial charge in [-0.15, -0.1) is 0 Å². The third-order valence-electron chi connectivity index (χ3n) is 1.68. The molecule has 11 heavy (non-hydrogen) atoms. The van der Waals surface area contributed by atoms with E-state index < -0.39 is 0 Å². The molecule has 1 heterocycles.